The van der Waals surface area contributed by atoms with Crippen LogP contribution in [-0.4, -0.2) is 9.97 Å². The molecule has 496 valence electrons. The van der Waals surface area contributed by atoms with Crippen molar-refractivity contribution in [2.75, 3.05) is 9.80 Å². The van der Waals surface area contributed by atoms with Gasteiger partial charge >= 0.3 is 0 Å². The van der Waals surface area contributed by atoms with E-state index in [1.165, 1.54) is 121 Å². The van der Waals surface area contributed by atoms with Crippen molar-refractivity contribution in [3.05, 3.63) is 457 Å². The van der Waals surface area contributed by atoms with Crippen LogP contribution in [0.2, 0.25) is 0 Å². The molecule has 0 fully saturated rings. The van der Waals surface area contributed by atoms with Crippen molar-refractivity contribution in [1.29, 1.82) is 0 Å². The van der Waals surface area contributed by atoms with Gasteiger partial charge < -0.3 is 9.80 Å². The van der Waals surface area contributed by atoms with E-state index in [0.29, 0.717) is 0 Å². The van der Waals surface area contributed by atoms with E-state index in [1.807, 2.05) is 24.5 Å². The Balaban J connectivity index is 0.000000240. The monoisotopic (exact) mass is 1350 g/mol. The van der Waals surface area contributed by atoms with Gasteiger partial charge in [0.25, 0.3) is 0 Å². The predicted molar refractivity (Wildman–Crippen MR) is 442 cm³/mol. The summed E-state index contributed by atoms with van der Waals surface area (Å²) < 4.78 is 0. The second-order valence-electron chi connectivity index (χ2n) is 27.8. The van der Waals surface area contributed by atoms with Gasteiger partial charge in [0.15, 0.2) is 0 Å². The maximum atomic E-state index is 4.67. The fourth-order valence-corrected chi connectivity index (χ4v) is 17.9. The second kappa shape index (κ2) is 25.6. The van der Waals surface area contributed by atoms with Crippen LogP contribution in [-0.2, 0) is 10.8 Å². The van der Waals surface area contributed by atoms with Crippen molar-refractivity contribution >= 4 is 88.2 Å². The van der Waals surface area contributed by atoms with Crippen LogP contribution in [0.3, 0.4) is 0 Å². The molecule has 0 aliphatic heterocycles. The predicted octanol–water partition coefficient (Wildman–Crippen LogP) is 26.4. The number of aromatic nitrogens is 2. The normalized spacial score (nSPS) is 12.9. The first-order valence-electron chi connectivity index (χ1n) is 36.5. The molecule has 0 amide bonds. The third-order valence-electron chi connectivity index (χ3n) is 22.3. The van der Waals surface area contributed by atoms with E-state index in [4.69, 9.17) is 0 Å². The lowest BCUT2D eigenvalue weighted by molar-refractivity contribution is 0.768. The number of anilines is 6. The van der Waals surface area contributed by atoms with Gasteiger partial charge in [0.2, 0.25) is 0 Å². The summed E-state index contributed by atoms with van der Waals surface area (Å²) in [5.41, 5.74) is 27.5. The lowest BCUT2D eigenvalue weighted by atomic mass is 9.67. The zero-order valence-corrected chi connectivity index (χ0v) is 58.0. The molecule has 21 rings (SSSR count). The van der Waals surface area contributed by atoms with Gasteiger partial charge in [-0.2, -0.15) is 0 Å². The molecule has 4 nitrogen and oxygen atoms in total. The summed E-state index contributed by atoms with van der Waals surface area (Å²) in [6.07, 6.45) is 3.75. The highest BCUT2D eigenvalue weighted by molar-refractivity contribution is 6.28. The third kappa shape index (κ3) is 9.76. The molecule has 0 N–H and O–H groups in total. The van der Waals surface area contributed by atoms with Gasteiger partial charge in [-0.25, -0.2) is 0 Å². The zero-order chi connectivity index (χ0) is 70.1. The van der Waals surface area contributed by atoms with Crippen LogP contribution in [0.4, 0.5) is 34.1 Å². The number of hydrogen-bond donors (Lipinski definition) is 0. The van der Waals surface area contributed by atoms with Gasteiger partial charge in [-0.3, -0.25) is 9.97 Å². The largest absolute Gasteiger partial charge is 0.310 e. The number of pyridine rings is 2. The Hall–Kier alpha value is -13.8. The molecule has 0 saturated heterocycles. The summed E-state index contributed by atoms with van der Waals surface area (Å²) in [4.78, 5) is 14.3. The highest BCUT2D eigenvalue weighted by Crippen LogP contribution is 2.59. The minimum atomic E-state index is -0.537. The number of para-hydroxylation sites is 2. The number of fused-ring (bicyclic) bond motifs is 9. The first kappa shape index (κ1) is 62.0. The van der Waals surface area contributed by atoms with Crippen molar-refractivity contribution < 1.29 is 0 Å². The maximum absolute atomic E-state index is 4.67. The first-order chi connectivity index (χ1) is 52.6. The Morgan fingerprint density at radius 2 is 0.500 bits per heavy atom. The Morgan fingerprint density at radius 1 is 0.208 bits per heavy atom. The van der Waals surface area contributed by atoms with Crippen molar-refractivity contribution in [3.8, 4) is 44.5 Å². The first-order valence-corrected chi connectivity index (χ1v) is 36.5. The van der Waals surface area contributed by atoms with Crippen LogP contribution >= 0.6 is 0 Å². The Bertz CT molecular complexity index is 6030. The molecule has 0 bridgehead atoms. The summed E-state index contributed by atoms with van der Waals surface area (Å²) in [5, 5.41) is 9.56. The standard InChI is InChI=1S/C78H52N2.C24H16N2/c1-5-23-55(24-6-1)77(69-39-17-13-35-63(69)64-36-14-18-40-70(64)77)57-27-21-33-61(51-57)79(59-29-9-3-10-30-59)73-49-45-53-44-48-68-74(50-46-54-43-47-67(73)75(53)76(54)68)80(60-31-11-4-12-32-60)62-34-22-28-58(52-62)78(56-25-7-2-8-26-56)71-41-19-15-37-65(71)66-38-16-20-42-72(66)78;1-3-7-17(8-4-1)19-13-15-25-23-21(19)11-12-22-20(14-16-26-24(22)23)18-9-5-2-6-10-18/h1-52H;1-16H. The minimum absolute atomic E-state index is 0.537. The summed E-state index contributed by atoms with van der Waals surface area (Å²) >= 11 is 0. The zero-order valence-electron chi connectivity index (χ0n) is 58.0. The molecule has 19 aromatic rings. The highest BCUT2D eigenvalue weighted by atomic mass is 15.2. The Kier molecular flexibility index (Phi) is 15.0. The lowest BCUT2D eigenvalue weighted by Crippen LogP contribution is -2.28. The molecule has 17 aromatic carbocycles. The summed E-state index contributed by atoms with van der Waals surface area (Å²) in [7, 11) is 0. The third-order valence-corrected chi connectivity index (χ3v) is 22.3. The molecule has 2 aliphatic rings. The van der Waals surface area contributed by atoms with Crippen molar-refractivity contribution in [2.24, 2.45) is 0 Å². The molecule has 0 radical (unpaired) electrons. The molecular formula is C102H68N4. The fourth-order valence-electron chi connectivity index (χ4n) is 17.9. The van der Waals surface area contributed by atoms with E-state index in [-0.39, 0.29) is 0 Å². The van der Waals surface area contributed by atoms with E-state index in [0.717, 1.165) is 55.9 Å². The molecule has 2 aromatic heterocycles. The molecular weight excluding hydrogens is 1280 g/mol. The van der Waals surface area contributed by atoms with Crippen molar-refractivity contribution in [2.45, 2.75) is 10.8 Å². The van der Waals surface area contributed by atoms with Gasteiger partial charge in [-0.15, -0.1) is 0 Å². The van der Waals surface area contributed by atoms with Gasteiger partial charge in [0.1, 0.15) is 0 Å². The van der Waals surface area contributed by atoms with E-state index in [2.05, 4.69) is 408 Å². The number of rotatable bonds is 12. The summed E-state index contributed by atoms with van der Waals surface area (Å²) in [6, 6.07) is 147. The fraction of sp³-hybridized carbons (Fsp3) is 0.0196. The average molecular weight is 1350 g/mol. The average Bonchev–Trinajstić information content (AvgIpc) is 1.47. The number of benzene rings is 17. The molecule has 4 heteroatoms. The quantitative estimate of drug-likeness (QED) is 0.114. The SMILES string of the molecule is c1ccc(-c2ccnc3c2ccc2c(-c4ccccc4)ccnc23)cc1.c1ccc(N(c2cccc(C3(c4ccccc4)c4ccccc4-c4ccccc43)c2)c2ccc3ccc4c(N(c5ccccc5)c5cccc(C6(c7ccccc7)c7ccccc7-c7ccccc76)c5)ccc5ccc2c3c54)cc1. The van der Waals surface area contributed by atoms with Gasteiger partial charge in [0, 0.05) is 56.7 Å². The van der Waals surface area contributed by atoms with Crippen LogP contribution in [0, 0.1) is 0 Å². The molecule has 0 atom stereocenters. The minimum Gasteiger partial charge on any atom is -0.310 e. The van der Waals surface area contributed by atoms with Crippen molar-refractivity contribution in [3.63, 3.8) is 0 Å². The lowest BCUT2D eigenvalue weighted by Gasteiger charge is -2.35. The van der Waals surface area contributed by atoms with Crippen LogP contribution in [0.5, 0.6) is 0 Å². The van der Waals surface area contributed by atoms with E-state index < -0.39 is 10.8 Å². The molecule has 0 spiro atoms. The molecule has 106 heavy (non-hydrogen) atoms. The number of hydrogen-bond acceptors (Lipinski definition) is 4. The molecule has 2 aliphatic carbocycles. The Labute approximate surface area is 616 Å². The highest BCUT2D eigenvalue weighted by Gasteiger charge is 2.48. The summed E-state index contributed by atoms with van der Waals surface area (Å²) in [6.45, 7) is 0. The van der Waals surface area contributed by atoms with Crippen LogP contribution in [0.25, 0.3) is 98.6 Å². The second-order valence-corrected chi connectivity index (χ2v) is 27.8. The molecule has 2 heterocycles. The van der Waals surface area contributed by atoms with Crippen LogP contribution in [0.1, 0.15) is 44.5 Å². The van der Waals surface area contributed by atoms with Crippen LogP contribution in [0.15, 0.2) is 413 Å². The molecule has 0 unspecified atom stereocenters. The van der Waals surface area contributed by atoms with Gasteiger partial charge in [-0.1, -0.05) is 328 Å². The number of nitrogens with zero attached hydrogens (tertiary/aromatic N) is 4. The van der Waals surface area contributed by atoms with Gasteiger partial charge in [-0.05, 0) is 183 Å². The van der Waals surface area contributed by atoms with E-state index >= 15 is 0 Å². The van der Waals surface area contributed by atoms with E-state index in [1.54, 1.807) is 0 Å². The Morgan fingerprint density at radius 3 is 0.868 bits per heavy atom. The smallest absolute Gasteiger partial charge is 0.0970 e. The van der Waals surface area contributed by atoms with Crippen molar-refractivity contribution in [1.82, 2.24) is 9.97 Å². The van der Waals surface area contributed by atoms with Crippen LogP contribution < -0.4 is 9.80 Å². The summed E-state index contributed by atoms with van der Waals surface area (Å²) in [5.74, 6) is 0. The van der Waals surface area contributed by atoms with E-state index in [9.17, 15) is 0 Å². The maximum Gasteiger partial charge on any atom is 0.0970 e. The molecule has 0 saturated carbocycles. The topological polar surface area (TPSA) is 32.3 Å². The van der Waals surface area contributed by atoms with Gasteiger partial charge in [0.05, 0.1) is 33.2 Å².